The van der Waals surface area contributed by atoms with E-state index in [2.05, 4.69) is 11.6 Å². The second-order valence-corrected chi connectivity index (χ2v) is 12.4. The number of fused-ring (bicyclic) bond motifs is 1. The first kappa shape index (κ1) is 27.5. The number of rotatable bonds is 10. The maximum Gasteiger partial charge on any atom is 0.317 e. The highest BCUT2D eigenvalue weighted by Crippen LogP contribution is 2.51. The first-order valence-electron chi connectivity index (χ1n) is 14.0. The van der Waals surface area contributed by atoms with Gasteiger partial charge in [0, 0.05) is 17.5 Å². The van der Waals surface area contributed by atoms with Gasteiger partial charge >= 0.3 is 5.97 Å². The molecule has 208 valence electrons. The monoisotopic (exact) mass is 551 g/mol. The van der Waals surface area contributed by atoms with E-state index in [0.29, 0.717) is 23.8 Å². The van der Waals surface area contributed by atoms with Crippen molar-refractivity contribution in [3.8, 4) is 5.75 Å². The number of benzene rings is 2. The van der Waals surface area contributed by atoms with Gasteiger partial charge in [-0.1, -0.05) is 37.6 Å². The Bertz CT molecular complexity index is 1330. The van der Waals surface area contributed by atoms with E-state index < -0.39 is 28.0 Å². The fraction of sp³-hybridized carbons (Fsp3) is 0.452. The predicted molar refractivity (Wildman–Crippen MR) is 150 cm³/mol. The number of esters is 1. The number of unbranched alkanes of at least 4 members (excludes halogenated alkanes) is 1. The largest absolute Gasteiger partial charge is 0.494 e. The van der Waals surface area contributed by atoms with Crippen molar-refractivity contribution >= 4 is 21.7 Å². The van der Waals surface area contributed by atoms with Gasteiger partial charge in [-0.05, 0) is 92.5 Å². The molecule has 7 nitrogen and oxygen atoms in total. The van der Waals surface area contributed by atoms with Crippen LogP contribution in [0.2, 0.25) is 0 Å². The Morgan fingerprint density at radius 2 is 1.92 bits per heavy atom. The van der Waals surface area contributed by atoms with Crippen molar-refractivity contribution < 1.29 is 27.8 Å². The van der Waals surface area contributed by atoms with E-state index in [4.69, 9.17) is 9.47 Å². The number of sulfonamides is 1. The van der Waals surface area contributed by atoms with E-state index in [1.54, 1.807) is 36.4 Å². The second kappa shape index (κ2) is 12.0. The Morgan fingerprint density at radius 1 is 1.13 bits per heavy atom. The molecule has 0 amide bonds. The summed E-state index contributed by atoms with van der Waals surface area (Å²) in [5.74, 6) is -0.180. The van der Waals surface area contributed by atoms with E-state index in [1.807, 2.05) is 18.2 Å². The first-order chi connectivity index (χ1) is 18.9. The van der Waals surface area contributed by atoms with E-state index in [1.165, 1.54) is 12.1 Å². The molecule has 1 saturated heterocycles. The van der Waals surface area contributed by atoms with Gasteiger partial charge < -0.3 is 14.6 Å². The number of allylic oxidation sites excluding steroid dienone is 3. The Kier molecular flexibility index (Phi) is 8.43. The number of carbonyl (C=O) groups excluding carboxylic acids is 1. The molecule has 0 spiro atoms. The third kappa shape index (κ3) is 6.39. The standard InChI is InChI=1S/C31H37NO6S/c1-2-3-19-37-24-15-17-25(18-16-24)39(35,36)32-23-10-8-9-22(20-23)28(21-13-14-21)29-30(33)26-11-6-4-5-7-12-27(26)38-31(29)34/h5,7-10,12,15-18,20-21,26,28-30,32-33H,2-4,6,11,13-14,19H2,1H3. The van der Waals surface area contributed by atoms with E-state index in [9.17, 15) is 18.3 Å². The zero-order valence-electron chi connectivity index (χ0n) is 22.3. The number of nitrogens with one attached hydrogen (secondary N) is 1. The molecule has 0 aromatic heterocycles. The van der Waals surface area contributed by atoms with Crippen molar-refractivity contribution in [1.29, 1.82) is 0 Å². The topological polar surface area (TPSA) is 102 Å². The lowest BCUT2D eigenvalue weighted by atomic mass is 9.72. The fourth-order valence-corrected chi connectivity index (χ4v) is 6.71. The van der Waals surface area contributed by atoms with Gasteiger partial charge in [-0.15, -0.1) is 0 Å². The van der Waals surface area contributed by atoms with Gasteiger partial charge in [0.25, 0.3) is 10.0 Å². The highest BCUT2D eigenvalue weighted by atomic mass is 32.2. The first-order valence-corrected chi connectivity index (χ1v) is 15.5. The van der Waals surface area contributed by atoms with Gasteiger partial charge in [0.05, 0.1) is 23.5 Å². The van der Waals surface area contributed by atoms with Crippen LogP contribution in [0.15, 0.2) is 77.4 Å². The lowest BCUT2D eigenvalue weighted by Crippen LogP contribution is -2.45. The SMILES string of the molecule is CCCCOc1ccc(S(=O)(=O)Nc2cccc(C(C3CC3)C3C(=O)OC4=CC=CCCCC4C3O)c2)cc1. The van der Waals surface area contributed by atoms with Gasteiger partial charge in [-0.25, -0.2) is 8.42 Å². The average Bonchev–Trinajstić information content (AvgIpc) is 3.73. The minimum Gasteiger partial charge on any atom is -0.494 e. The molecule has 4 atom stereocenters. The van der Waals surface area contributed by atoms with E-state index >= 15 is 0 Å². The number of aliphatic hydroxyl groups is 1. The fourth-order valence-electron chi connectivity index (χ4n) is 5.66. The third-order valence-corrected chi connectivity index (χ3v) is 9.26. The van der Waals surface area contributed by atoms with Crippen LogP contribution in [0.5, 0.6) is 5.75 Å². The Morgan fingerprint density at radius 3 is 2.67 bits per heavy atom. The minimum atomic E-state index is -3.83. The molecule has 8 heteroatoms. The molecular formula is C31H37NO6S. The van der Waals surface area contributed by atoms with Crippen LogP contribution in [0.25, 0.3) is 0 Å². The van der Waals surface area contributed by atoms with Crippen LogP contribution in [-0.2, 0) is 19.6 Å². The summed E-state index contributed by atoms with van der Waals surface area (Å²) >= 11 is 0. The van der Waals surface area contributed by atoms with Crippen molar-refractivity contribution in [1.82, 2.24) is 0 Å². The van der Waals surface area contributed by atoms with Crippen molar-refractivity contribution in [2.75, 3.05) is 11.3 Å². The number of ether oxygens (including phenoxy) is 2. The predicted octanol–water partition coefficient (Wildman–Crippen LogP) is 5.93. The van der Waals surface area contributed by atoms with Crippen LogP contribution < -0.4 is 9.46 Å². The van der Waals surface area contributed by atoms with Gasteiger partial charge in [0.1, 0.15) is 11.5 Å². The molecule has 2 N–H and O–H groups in total. The maximum atomic E-state index is 13.2. The summed E-state index contributed by atoms with van der Waals surface area (Å²) in [7, 11) is -3.83. The van der Waals surface area contributed by atoms with Crippen molar-refractivity contribution in [3.05, 3.63) is 78.1 Å². The Balaban J connectivity index is 1.36. The molecule has 1 heterocycles. The zero-order chi connectivity index (χ0) is 27.4. The average molecular weight is 552 g/mol. The van der Waals surface area contributed by atoms with Crippen molar-refractivity contribution in [2.24, 2.45) is 17.8 Å². The molecular weight excluding hydrogens is 514 g/mol. The third-order valence-electron chi connectivity index (χ3n) is 7.86. The van der Waals surface area contributed by atoms with Crippen molar-refractivity contribution in [3.63, 3.8) is 0 Å². The molecule has 2 aliphatic carbocycles. The number of hydrogen-bond acceptors (Lipinski definition) is 6. The van der Waals surface area contributed by atoms with E-state index in [0.717, 1.165) is 50.5 Å². The molecule has 5 rings (SSSR count). The molecule has 0 radical (unpaired) electrons. The summed E-state index contributed by atoms with van der Waals surface area (Å²) in [5, 5.41) is 11.5. The molecule has 2 aromatic rings. The van der Waals surface area contributed by atoms with Crippen molar-refractivity contribution in [2.45, 2.75) is 68.8 Å². The molecule has 39 heavy (non-hydrogen) atoms. The number of hydrogen-bond donors (Lipinski definition) is 2. The summed E-state index contributed by atoms with van der Waals surface area (Å²) in [4.78, 5) is 13.4. The highest BCUT2D eigenvalue weighted by Gasteiger charge is 2.50. The summed E-state index contributed by atoms with van der Waals surface area (Å²) in [6.45, 7) is 2.67. The minimum absolute atomic E-state index is 0.137. The lowest BCUT2D eigenvalue weighted by molar-refractivity contribution is -0.160. The zero-order valence-corrected chi connectivity index (χ0v) is 23.1. The lowest BCUT2D eigenvalue weighted by Gasteiger charge is -2.39. The molecule has 1 saturated carbocycles. The quantitative estimate of drug-likeness (QED) is 0.280. The van der Waals surface area contributed by atoms with Gasteiger partial charge in [0.2, 0.25) is 0 Å². The van der Waals surface area contributed by atoms with Gasteiger partial charge in [0.15, 0.2) is 0 Å². The highest BCUT2D eigenvalue weighted by molar-refractivity contribution is 7.92. The summed E-state index contributed by atoms with van der Waals surface area (Å²) in [5.41, 5.74) is 1.24. The molecule has 2 aromatic carbocycles. The second-order valence-electron chi connectivity index (χ2n) is 10.7. The van der Waals surface area contributed by atoms with Gasteiger partial charge in [-0.3, -0.25) is 9.52 Å². The smallest absolute Gasteiger partial charge is 0.317 e. The van der Waals surface area contributed by atoms with Crippen LogP contribution in [0, 0.1) is 17.8 Å². The molecule has 0 bridgehead atoms. The van der Waals surface area contributed by atoms with Gasteiger partial charge in [-0.2, -0.15) is 0 Å². The van der Waals surface area contributed by atoms with E-state index in [-0.39, 0.29) is 22.6 Å². The van der Waals surface area contributed by atoms with Crippen LogP contribution in [0.4, 0.5) is 5.69 Å². The Hall–Kier alpha value is -3.10. The number of carbonyl (C=O) groups is 1. The summed E-state index contributed by atoms with van der Waals surface area (Å²) in [6.07, 6.45) is 11.3. The number of anilines is 1. The molecule has 3 aliphatic rings. The summed E-state index contributed by atoms with van der Waals surface area (Å²) < 4.78 is 40.4. The maximum absolute atomic E-state index is 13.2. The van der Waals surface area contributed by atoms with Crippen LogP contribution in [0.1, 0.15) is 63.4 Å². The molecule has 2 fully saturated rings. The summed E-state index contributed by atoms with van der Waals surface area (Å²) in [6, 6.07) is 13.6. The normalized spacial score (nSPS) is 24.0. The molecule has 4 unspecified atom stereocenters. The van der Waals surface area contributed by atoms with Crippen LogP contribution >= 0.6 is 0 Å². The van der Waals surface area contributed by atoms with Crippen LogP contribution in [-0.4, -0.2) is 32.2 Å². The Labute approximate surface area is 231 Å². The number of aliphatic hydroxyl groups excluding tert-OH is 1. The molecule has 1 aliphatic heterocycles. The van der Waals surface area contributed by atoms with Crippen LogP contribution in [0.3, 0.4) is 0 Å².